The molecule has 2 heterocycles. The van der Waals surface area contributed by atoms with Crippen LogP contribution in [-0.2, 0) is 6.54 Å². The van der Waals surface area contributed by atoms with Gasteiger partial charge in [0.05, 0.1) is 0 Å². The molecule has 1 aliphatic rings. The van der Waals surface area contributed by atoms with Crippen LogP contribution in [0.25, 0.3) is 0 Å². The van der Waals surface area contributed by atoms with E-state index in [-0.39, 0.29) is 0 Å². The monoisotopic (exact) mass is 262 g/mol. The molecule has 1 atom stereocenters. The van der Waals surface area contributed by atoms with Gasteiger partial charge in [0.25, 0.3) is 0 Å². The molecule has 0 spiro atoms. The van der Waals surface area contributed by atoms with E-state index in [4.69, 9.17) is 5.73 Å². The Morgan fingerprint density at radius 1 is 1.21 bits per heavy atom. The maximum atomic E-state index is 5.89. The van der Waals surface area contributed by atoms with E-state index in [1.807, 2.05) is 12.4 Å². The molecule has 1 saturated heterocycles. The highest BCUT2D eigenvalue weighted by Gasteiger charge is 2.22. The molecule has 19 heavy (non-hydrogen) atoms. The zero-order valence-corrected chi connectivity index (χ0v) is 12.0. The summed E-state index contributed by atoms with van der Waals surface area (Å²) in [5, 5.41) is 0. The Bertz CT molecular complexity index is 346. The highest BCUT2D eigenvalue weighted by atomic mass is 15.3. The first-order chi connectivity index (χ1) is 9.33. The maximum Gasteiger partial charge on any atom is 0.0271 e. The molecule has 0 saturated carbocycles. The lowest BCUT2D eigenvalue weighted by Crippen LogP contribution is -2.51. The van der Waals surface area contributed by atoms with Gasteiger partial charge < -0.3 is 5.73 Å². The number of piperazine rings is 1. The molecule has 1 aromatic rings. The highest BCUT2D eigenvalue weighted by Crippen LogP contribution is 2.12. The minimum absolute atomic E-state index is 0.577. The standard InChI is InChI=1S/C15H26N4/c1-2-3-15(12-16)19-10-8-18(9-11-19)13-14-4-6-17-7-5-14/h4-7,15H,2-3,8-13,16H2,1H3. The van der Waals surface area contributed by atoms with Crippen LogP contribution in [-0.4, -0.2) is 53.5 Å². The number of hydrogen-bond acceptors (Lipinski definition) is 4. The summed E-state index contributed by atoms with van der Waals surface area (Å²) in [5.41, 5.74) is 7.24. The van der Waals surface area contributed by atoms with Gasteiger partial charge in [0, 0.05) is 57.7 Å². The first kappa shape index (κ1) is 14.4. The van der Waals surface area contributed by atoms with Gasteiger partial charge in [-0.05, 0) is 24.1 Å². The van der Waals surface area contributed by atoms with Crippen molar-refractivity contribution >= 4 is 0 Å². The number of rotatable bonds is 6. The van der Waals surface area contributed by atoms with Gasteiger partial charge in [0.1, 0.15) is 0 Å². The Hall–Kier alpha value is -0.970. The predicted octanol–water partition coefficient (Wildman–Crippen LogP) is 1.33. The Labute approximate surface area is 116 Å². The molecular weight excluding hydrogens is 236 g/mol. The molecule has 2 N–H and O–H groups in total. The Morgan fingerprint density at radius 3 is 2.47 bits per heavy atom. The molecule has 4 heteroatoms. The summed E-state index contributed by atoms with van der Waals surface area (Å²) in [4.78, 5) is 9.15. The highest BCUT2D eigenvalue weighted by molar-refractivity contribution is 5.09. The summed E-state index contributed by atoms with van der Waals surface area (Å²) in [6.07, 6.45) is 6.19. The molecule has 4 nitrogen and oxygen atoms in total. The second kappa shape index (κ2) is 7.58. The molecule has 1 fully saturated rings. The summed E-state index contributed by atoms with van der Waals surface area (Å²) in [6.45, 7) is 8.64. The molecule has 0 aliphatic carbocycles. The first-order valence-electron chi connectivity index (χ1n) is 7.39. The van der Waals surface area contributed by atoms with E-state index >= 15 is 0 Å². The predicted molar refractivity (Wildman–Crippen MR) is 78.8 cm³/mol. The van der Waals surface area contributed by atoms with Gasteiger partial charge in [-0.1, -0.05) is 13.3 Å². The smallest absolute Gasteiger partial charge is 0.0271 e. The topological polar surface area (TPSA) is 45.4 Å². The largest absolute Gasteiger partial charge is 0.329 e. The van der Waals surface area contributed by atoms with E-state index in [2.05, 4.69) is 33.8 Å². The van der Waals surface area contributed by atoms with Crippen molar-refractivity contribution in [2.24, 2.45) is 5.73 Å². The quantitative estimate of drug-likeness (QED) is 0.840. The van der Waals surface area contributed by atoms with Crippen molar-refractivity contribution in [3.8, 4) is 0 Å². The summed E-state index contributed by atoms with van der Waals surface area (Å²) >= 11 is 0. The van der Waals surface area contributed by atoms with Gasteiger partial charge in [-0.2, -0.15) is 0 Å². The Balaban J connectivity index is 1.79. The molecule has 1 unspecified atom stereocenters. The SMILES string of the molecule is CCCC(CN)N1CCN(Cc2ccncc2)CC1. The fourth-order valence-electron chi connectivity index (χ4n) is 2.82. The van der Waals surface area contributed by atoms with Crippen molar-refractivity contribution in [1.29, 1.82) is 0 Å². The van der Waals surface area contributed by atoms with Crippen molar-refractivity contribution in [2.75, 3.05) is 32.7 Å². The van der Waals surface area contributed by atoms with Gasteiger partial charge >= 0.3 is 0 Å². The average Bonchev–Trinajstić information content (AvgIpc) is 2.47. The normalized spacial score (nSPS) is 19.5. The number of hydrogen-bond donors (Lipinski definition) is 1. The van der Waals surface area contributed by atoms with Crippen LogP contribution >= 0.6 is 0 Å². The van der Waals surface area contributed by atoms with Gasteiger partial charge in [0.2, 0.25) is 0 Å². The summed E-state index contributed by atoms with van der Waals surface area (Å²) in [7, 11) is 0. The summed E-state index contributed by atoms with van der Waals surface area (Å²) in [6, 6.07) is 4.78. The number of aromatic nitrogens is 1. The van der Waals surface area contributed by atoms with Crippen molar-refractivity contribution in [3.63, 3.8) is 0 Å². The van der Waals surface area contributed by atoms with Crippen molar-refractivity contribution < 1.29 is 0 Å². The van der Waals surface area contributed by atoms with Gasteiger partial charge in [0.15, 0.2) is 0 Å². The second-order valence-corrected chi connectivity index (χ2v) is 5.35. The minimum Gasteiger partial charge on any atom is -0.329 e. The van der Waals surface area contributed by atoms with Gasteiger partial charge in [-0.25, -0.2) is 0 Å². The van der Waals surface area contributed by atoms with E-state index < -0.39 is 0 Å². The Morgan fingerprint density at radius 2 is 1.89 bits per heavy atom. The van der Waals surface area contributed by atoms with Gasteiger partial charge in [-0.15, -0.1) is 0 Å². The lowest BCUT2D eigenvalue weighted by molar-refractivity contribution is 0.0905. The Kier molecular flexibility index (Phi) is 5.76. The van der Waals surface area contributed by atoms with Crippen LogP contribution in [0.15, 0.2) is 24.5 Å². The van der Waals surface area contributed by atoms with Crippen molar-refractivity contribution in [2.45, 2.75) is 32.4 Å². The third-order valence-electron chi connectivity index (χ3n) is 3.97. The molecule has 0 amide bonds. The van der Waals surface area contributed by atoms with Crippen LogP contribution in [0.5, 0.6) is 0 Å². The van der Waals surface area contributed by atoms with Crippen molar-refractivity contribution in [3.05, 3.63) is 30.1 Å². The van der Waals surface area contributed by atoms with Crippen LogP contribution in [0.3, 0.4) is 0 Å². The molecule has 106 valence electrons. The number of nitrogens with two attached hydrogens (primary N) is 1. The van der Waals surface area contributed by atoms with Crippen LogP contribution in [0.4, 0.5) is 0 Å². The lowest BCUT2D eigenvalue weighted by Gasteiger charge is -2.39. The molecule has 2 rings (SSSR count). The minimum atomic E-state index is 0.577. The van der Waals surface area contributed by atoms with E-state index in [1.165, 1.54) is 18.4 Å². The van der Waals surface area contributed by atoms with Crippen LogP contribution in [0, 0.1) is 0 Å². The van der Waals surface area contributed by atoms with Crippen LogP contribution in [0.1, 0.15) is 25.3 Å². The molecule has 0 radical (unpaired) electrons. The van der Waals surface area contributed by atoms with E-state index in [0.29, 0.717) is 6.04 Å². The third kappa shape index (κ3) is 4.27. The fourth-order valence-corrected chi connectivity index (χ4v) is 2.82. The van der Waals surface area contributed by atoms with Crippen LogP contribution in [0.2, 0.25) is 0 Å². The summed E-state index contributed by atoms with van der Waals surface area (Å²) < 4.78 is 0. The fraction of sp³-hybridized carbons (Fsp3) is 0.667. The molecule has 1 aromatic heterocycles. The molecule has 0 bridgehead atoms. The summed E-state index contributed by atoms with van der Waals surface area (Å²) in [5.74, 6) is 0. The van der Waals surface area contributed by atoms with Gasteiger partial charge in [-0.3, -0.25) is 14.8 Å². The number of pyridine rings is 1. The average molecular weight is 262 g/mol. The third-order valence-corrected chi connectivity index (χ3v) is 3.97. The number of nitrogens with zero attached hydrogens (tertiary/aromatic N) is 3. The zero-order valence-electron chi connectivity index (χ0n) is 12.0. The maximum absolute atomic E-state index is 5.89. The second-order valence-electron chi connectivity index (χ2n) is 5.35. The van der Waals surface area contributed by atoms with Crippen molar-refractivity contribution in [1.82, 2.24) is 14.8 Å². The van der Waals surface area contributed by atoms with E-state index in [1.54, 1.807) is 0 Å². The van der Waals surface area contributed by atoms with E-state index in [9.17, 15) is 0 Å². The van der Waals surface area contributed by atoms with Crippen LogP contribution < -0.4 is 5.73 Å². The van der Waals surface area contributed by atoms with E-state index in [0.717, 1.165) is 39.3 Å². The zero-order chi connectivity index (χ0) is 13.5. The first-order valence-corrected chi connectivity index (χ1v) is 7.39. The molecular formula is C15H26N4. The lowest BCUT2D eigenvalue weighted by atomic mass is 10.1. The molecule has 0 aromatic carbocycles. The molecule has 1 aliphatic heterocycles.